The number of unbranched alkanes of at least 4 members (excludes halogenated alkanes) is 3. The number of azide groups is 1. The Balaban J connectivity index is 1.84. The standard InChI is InChI=1S/C9H15BrFN3/c10-9(11)7-8(9)5-3-1-2-4-6-13-14-12/h8H,1-7H2. The maximum absolute atomic E-state index is 13.0. The molecule has 3 nitrogen and oxygen atoms in total. The molecule has 2 atom stereocenters. The van der Waals surface area contributed by atoms with Crippen LogP contribution in [-0.4, -0.2) is 11.1 Å². The van der Waals surface area contributed by atoms with Gasteiger partial charge in [0.25, 0.3) is 0 Å². The largest absolute Gasteiger partial charge is 0.231 e. The molecular formula is C9H15BrFN3. The zero-order chi connectivity index (χ0) is 10.4. The summed E-state index contributed by atoms with van der Waals surface area (Å²) in [6.07, 6.45) is 5.87. The summed E-state index contributed by atoms with van der Waals surface area (Å²) in [5.41, 5.74) is 8.02. The summed E-state index contributed by atoms with van der Waals surface area (Å²) in [6.45, 7) is 0.589. The first-order chi connectivity index (χ1) is 6.67. The third-order valence-electron chi connectivity index (χ3n) is 2.58. The highest BCUT2D eigenvalue weighted by Crippen LogP contribution is 2.54. The number of halogens is 2. The van der Waals surface area contributed by atoms with E-state index in [0.29, 0.717) is 13.0 Å². The van der Waals surface area contributed by atoms with Crippen molar-refractivity contribution in [3.8, 4) is 0 Å². The van der Waals surface area contributed by atoms with E-state index < -0.39 is 4.58 Å². The number of hydrogen-bond acceptors (Lipinski definition) is 1. The van der Waals surface area contributed by atoms with Gasteiger partial charge in [-0.1, -0.05) is 24.4 Å². The molecule has 1 fully saturated rings. The molecule has 0 aromatic rings. The van der Waals surface area contributed by atoms with Crippen molar-refractivity contribution in [2.45, 2.75) is 43.1 Å². The number of rotatable bonds is 7. The molecule has 0 aromatic carbocycles. The van der Waals surface area contributed by atoms with Gasteiger partial charge in [0, 0.05) is 17.4 Å². The summed E-state index contributed by atoms with van der Waals surface area (Å²) in [6, 6.07) is 0. The quantitative estimate of drug-likeness (QED) is 0.216. The van der Waals surface area contributed by atoms with E-state index >= 15 is 0 Å². The molecule has 1 saturated carbocycles. The average molecular weight is 264 g/mol. The molecule has 0 aliphatic heterocycles. The van der Waals surface area contributed by atoms with Crippen LogP contribution >= 0.6 is 15.9 Å². The Morgan fingerprint density at radius 1 is 1.43 bits per heavy atom. The molecule has 1 rings (SSSR count). The molecule has 0 bridgehead atoms. The Kier molecular flexibility index (Phi) is 4.69. The number of alkyl halides is 2. The van der Waals surface area contributed by atoms with E-state index in [1.54, 1.807) is 0 Å². The Morgan fingerprint density at radius 2 is 2.07 bits per heavy atom. The highest BCUT2D eigenvalue weighted by atomic mass is 79.9. The van der Waals surface area contributed by atoms with Crippen LogP contribution in [0.25, 0.3) is 10.4 Å². The van der Waals surface area contributed by atoms with E-state index in [0.717, 1.165) is 32.1 Å². The van der Waals surface area contributed by atoms with Crippen LogP contribution in [0.5, 0.6) is 0 Å². The fraction of sp³-hybridized carbons (Fsp3) is 1.00. The fourth-order valence-corrected chi connectivity index (χ4v) is 2.17. The van der Waals surface area contributed by atoms with Crippen molar-refractivity contribution in [2.75, 3.05) is 6.54 Å². The van der Waals surface area contributed by atoms with Gasteiger partial charge in [0.2, 0.25) is 0 Å². The average Bonchev–Trinajstić information content (AvgIpc) is 2.73. The second-order valence-electron chi connectivity index (χ2n) is 3.82. The van der Waals surface area contributed by atoms with Crippen molar-refractivity contribution in [1.82, 2.24) is 0 Å². The molecule has 14 heavy (non-hydrogen) atoms. The van der Waals surface area contributed by atoms with Gasteiger partial charge in [-0.25, -0.2) is 4.39 Å². The molecule has 0 radical (unpaired) electrons. The summed E-state index contributed by atoms with van der Waals surface area (Å²) >= 11 is 3.03. The Morgan fingerprint density at radius 3 is 2.64 bits per heavy atom. The lowest BCUT2D eigenvalue weighted by Crippen LogP contribution is -1.91. The van der Waals surface area contributed by atoms with Gasteiger partial charge >= 0.3 is 0 Å². The van der Waals surface area contributed by atoms with Crippen LogP contribution in [0, 0.1) is 5.92 Å². The van der Waals surface area contributed by atoms with Crippen molar-refractivity contribution in [3.63, 3.8) is 0 Å². The van der Waals surface area contributed by atoms with E-state index in [4.69, 9.17) is 5.53 Å². The third kappa shape index (κ3) is 4.29. The first-order valence-electron chi connectivity index (χ1n) is 5.05. The molecule has 80 valence electrons. The molecule has 0 amide bonds. The molecule has 0 heterocycles. The highest BCUT2D eigenvalue weighted by molar-refractivity contribution is 9.10. The molecular weight excluding hydrogens is 249 g/mol. The number of nitrogens with zero attached hydrogens (tertiary/aromatic N) is 3. The maximum atomic E-state index is 13.0. The topological polar surface area (TPSA) is 48.8 Å². The number of hydrogen-bond donors (Lipinski definition) is 0. The van der Waals surface area contributed by atoms with Crippen LogP contribution < -0.4 is 0 Å². The minimum Gasteiger partial charge on any atom is -0.231 e. The van der Waals surface area contributed by atoms with Crippen molar-refractivity contribution in [1.29, 1.82) is 0 Å². The van der Waals surface area contributed by atoms with Crippen LogP contribution in [0.4, 0.5) is 4.39 Å². The monoisotopic (exact) mass is 263 g/mol. The van der Waals surface area contributed by atoms with E-state index in [-0.39, 0.29) is 5.92 Å². The first-order valence-corrected chi connectivity index (χ1v) is 5.85. The molecule has 0 N–H and O–H groups in total. The van der Waals surface area contributed by atoms with Crippen molar-refractivity contribution < 1.29 is 4.39 Å². The van der Waals surface area contributed by atoms with Crippen LogP contribution in [0.3, 0.4) is 0 Å². The first kappa shape index (κ1) is 11.8. The molecule has 5 heteroatoms. The van der Waals surface area contributed by atoms with Gasteiger partial charge in [-0.15, -0.1) is 0 Å². The van der Waals surface area contributed by atoms with E-state index in [1.165, 1.54) is 0 Å². The molecule has 0 spiro atoms. The van der Waals surface area contributed by atoms with Crippen LogP contribution in [0.1, 0.15) is 38.5 Å². The Hall–Kier alpha value is -0.280. The minimum absolute atomic E-state index is 0.236. The maximum Gasteiger partial charge on any atom is 0.168 e. The summed E-state index contributed by atoms with van der Waals surface area (Å²) in [5.74, 6) is 0.236. The van der Waals surface area contributed by atoms with Gasteiger partial charge in [-0.2, -0.15) is 0 Å². The van der Waals surface area contributed by atoms with E-state index in [1.807, 2.05) is 0 Å². The zero-order valence-electron chi connectivity index (χ0n) is 8.12. The van der Waals surface area contributed by atoms with Crippen LogP contribution in [-0.2, 0) is 0 Å². The second-order valence-corrected chi connectivity index (χ2v) is 5.14. The van der Waals surface area contributed by atoms with Crippen LogP contribution in [0.15, 0.2) is 5.11 Å². The van der Waals surface area contributed by atoms with Gasteiger partial charge in [-0.3, -0.25) is 0 Å². The SMILES string of the molecule is [N-]=[N+]=NCCCCCCC1CC1(F)Br. The lowest BCUT2D eigenvalue weighted by atomic mass is 10.1. The fourth-order valence-electron chi connectivity index (χ4n) is 1.55. The zero-order valence-corrected chi connectivity index (χ0v) is 9.71. The molecule has 1 aliphatic rings. The Bertz CT molecular complexity index is 226. The minimum atomic E-state index is -1.04. The normalized spacial score (nSPS) is 29.7. The predicted molar refractivity (Wildman–Crippen MR) is 58.0 cm³/mol. The van der Waals surface area contributed by atoms with Crippen molar-refractivity contribution >= 4 is 15.9 Å². The van der Waals surface area contributed by atoms with Gasteiger partial charge in [0.15, 0.2) is 4.58 Å². The van der Waals surface area contributed by atoms with Crippen LogP contribution in [0.2, 0.25) is 0 Å². The smallest absolute Gasteiger partial charge is 0.168 e. The lowest BCUT2D eigenvalue weighted by Gasteiger charge is -1.99. The summed E-state index contributed by atoms with van der Waals surface area (Å²) < 4.78 is 12.0. The summed E-state index contributed by atoms with van der Waals surface area (Å²) in [4.78, 5) is 2.68. The Labute approximate surface area is 91.8 Å². The third-order valence-corrected chi connectivity index (χ3v) is 3.55. The molecule has 1 aliphatic carbocycles. The van der Waals surface area contributed by atoms with Crippen molar-refractivity contribution in [3.05, 3.63) is 10.4 Å². The predicted octanol–water partition coefficient (Wildman–Crippen LogP) is 4.33. The van der Waals surface area contributed by atoms with Gasteiger partial charge < -0.3 is 0 Å². The van der Waals surface area contributed by atoms with E-state index in [9.17, 15) is 4.39 Å². The van der Waals surface area contributed by atoms with Gasteiger partial charge in [0.1, 0.15) is 0 Å². The van der Waals surface area contributed by atoms with Crippen molar-refractivity contribution in [2.24, 2.45) is 11.0 Å². The molecule has 0 saturated heterocycles. The lowest BCUT2D eigenvalue weighted by molar-refractivity contribution is 0.400. The van der Waals surface area contributed by atoms with Gasteiger partial charge in [0.05, 0.1) is 0 Å². The summed E-state index contributed by atoms with van der Waals surface area (Å²) in [5, 5.41) is 3.45. The highest BCUT2D eigenvalue weighted by Gasteiger charge is 2.52. The van der Waals surface area contributed by atoms with E-state index in [2.05, 4.69) is 26.0 Å². The molecule has 2 unspecified atom stereocenters. The van der Waals surface area contributed by atoms with Gasteiger partial charge in [-0.05, 0) is 40.7 Å². The second kappa shape index (κ2) is 5.56. The molecule has 0 aromatic heterocycles. The summed E-state index contributed by atoms with van der Waals surface area (Å²) in [7, 11) is 0.